The number of nitrogens with zero attached hydrogens (tertiary/aromatic N) is 1. The Morgan fingerprint density at radius 1 is 1.43 bits per heavy atom. The quantitative estimate of drug-likeness (QED) is 0.617. The first-order valence-electron chi connectivity index (χ1n) is 4.50. The van der Waals surface area contributed by atoms with E-state index >= 15 is 0 Å². The summed E-state index contributed by atoms with van der Waals surface area (Å²) in [5.41, 5.74) is 1.93. The number of hydrogen-bond donors (Lipinski definition) is 0. The van der Waals surface area contributed by atoms with Crippen LogP contribution in [0, 0.1) is 3.70 Å². The molecular formula is C11H10INO. The monoisotopic (exact) mass is 299 g/mol. The molecule has 0 aliphatic heterocycles. The van der Waals surface area contributed by atoms with Crippen molar-refractivity contribution < 1.29 is 4.79 Å². The number of carbonyl (C=O) groups excluding carboxylic acids is 1. The lowest BCUT2D eigenvalue weighted by Crippen LogP contribution is -1.95. The summed E-state index contributed by atoms with van der Waals surface area (Å²) < 4.78 is 3.44. The van der Waals surface area contributed by atoms with E-state index in [1.165, 1.54) is 9.22 Å². The van der Waals surface area contributed by atoms with E-state index in [1.54, 1.807) is 0 Å². The highest BCUT2D eigenvalue weighted by molar-refractivity contribution is 14.1. The number of aromatic nitrogens is 1. The summed E-state index contributed by atoms with van der Waals surface area (Å²) in [4.78, 5) is 10.6. The molecule has 2 aromatic rings. The molecule has 0 saturated carbocycles. The summed E-state index contributed by atoms with van der Waals surface area (Å²) in [6.07, 6.45) is 0.885. The smallest absolute Gasteiger partial charge is 0.150 e. The second kappa shape index (κ2) is 3.73. The third-order valence-corrected chi connectivity index (χ3v) is 3.22. The zero-order chi connectivity index (χ0) is 10.1. The van der Waals surface area contributed by atoms with Crippen molar-refractivity contribution in [2.75, 3.05) is 0 Å². The molecule has 0 atom stereocenters. The maximum absolute atomic E-state index is 10.6. The Kier molecular flexibility index (Phi) is 2.58. The average molecular weight is 299 g/mol. The molecule has 0 radical (unpaired) electrons. The zero-order valence-electron chi connectivity index (χ0n) is 7.83. The van der Waals surface area contributed by atoms with Crippen LogP contribution in [0.15, 0.2) is 24.3 Å². The van der Waals surface area contributed by atoms with Gasteiger partial charge in [0.1, 0.15) is 6.29 Å². The van der Waals surface area contributed by atoms with Crippen LogP contribution in [0.1, 0.15) is 17.3 Å². The number of rotatable bonds is 2. The topological polar surface area (TPSA) is 22.0 Å². The number of carbonyl (C=O) groups is 1. The molecule has 0 spiro atoms. The van der Waals surface area contributed by atoms with Crippen molar-refractivity contribution in [1.29, 1.82) is 0 Å². The summed E-state index contributed by atoms with van der Waals surface area (Å²) in [6, 6.07) is 7.89. The van der Waals surface area contributed by atoms with E-state index in [1.807, 2.05) is 18.2 Å². The van der Waals surface area contributed by atoms with Crippen molar-refractivity contribution in [2.45, 2.75) is 13.5 Å². The molecular weight excluding hydrogens is 289 g/mol. The van der Waals surface area contributed by atoms with Crippen LogP contribution < -0.4 is 0 Å². The van der Waals surface area contributed by atoms with Gasteiger partial charge in [-0.05, 0) is 53.8 Å². The molecule has 0 aliphatic carbocycles. The van der Waals surface area contributed by atoms with Gasteiger partial charge in [-0.1, -0.05) is 0 Å². The maximum atomic E-state index is 10.6. The Hall–Kier alpha value is -0.840. The lowest BCUT2D eigenvalue weighted by Gasteiger charge is -2.02. The molecule has 1 aromatic carbocycles. The number of aryl methyl sites for hydroxylation is 1. The molecule has 0 aliphatic rings. The van der Waals surface area contributed by atoms with Crippen molar-refractivity contribution in [3.63, 3.8) is 0 Å². The molecule has 1 aromatic heterocycles. The van der Waals surface area contributed by atoms with Gasteiger partial charge in [0.25, 0.3) is 0 Å². The van der Waals surface area contributed by atoms with Crippen LogP contribution in [0.3, 0.4) is 0 Å². The summed E-state index contributed by atoms with van der Waals surface area (Å²) in [5.74, 6) is 0. The van der Waals surface area contributed by atoms with E-state index in [4.69, 9.17) is 0 Å². The van der Waals surface area contributed by atoms with Gasteiger partial charge in [-0.25, -0.2) is 0 Å². The van der Waals surface area contributed by atoms with Crippen LogP contribution >= 0.6 is 22.6 Å². The number of aldehydes is 1. The second-order valence-electron chi connectivity index (χ2n) is 3.15. The highest BCUT2D eigenvalue weighted by Gasteiger charge is 2.04. The molecule has 2 rings (SSSR count). The molecule has 0 bridgehead atoms. The molecule has 0 saturated heterocycles. The van der Waals surface area contributed by atoms with Gasteiger partial charge in [-0.15, -0.1) is 0 Å². The van der Waals surface area contributed by atoms with Crippen LogP contribution in [-0.2, 0) is 6.54 Å². The molecule has 3 heteroatoms. The normalized spacial score (nSPS) is 10.7. The fourth-order valence-electron chi connectivity index (χ4n) is 1.65. The first-order chi connectivity index (χ1) is 6.76. The van der Waals surface area contributed by atoms with E-state index in [9.17, 15) is 4.79 Å². The van der Waals surface area contributed by atoms with E-state index in [0.29, 0.717) is 0 Å². The molecule has 0 amide bonds. The van der Waals surface area contributed by atoms with Gasteiger partial charge in [0.05, 0.1) is 3.70 Å². The van der Waals surface area contributed by atoms with Crippen molar-refractivity contribution in [3.8, 4) is 0 Å². The minimum atomic E-state index is 0.738. The third-order valence-electron chi connectivity index (χ3n) is 2.33. The van der Waals surface area contributed by atoms with E-state index < -0.39 is 0 Å². The summed E-state index contributed by atoms with van der Waals surface area (Å²) >= 11 is 2.31. The maximum Gasteiger partial charge on any atom is 0.150 e. The fraction of sp³-hybridized carbons (Fsp3) is 0.182. The molecule has 72 valence electrons. The highest BCUT2D eigenvalue weighted by atomic mass is 127. The van der Waals surface area contributed by atoms with Crippen LogP contribution in [0.25, 0.3) is 10.9 Å². The first kappa shape index (κ1) is 9.71. The molecule has 0 N–H and O–H groups in total. The fourth-order valence-corrected chi connectivity index (χ4v) is 2.59. The summed E-state index contributed by atoms with van der Waals surface area (Å²) in [6.45, 7) is 3.08. The highest BCUT2D eigenvalue weighted by Crippen LogP contribution is 2.22. The van der Waals surface area contributed by atoms with E-state index in [2.05, 4.69) is 40.1 Å². The zero-order valence-corrected chi connectivity index (χ0v) is 9.98. The van der Waals surface area contributed by atoms with Gasteiger partial charge in [0.2, 0.25) is 0 Å². The largest absolute Gasteiger partial charge is 0.336 e. The number of benzene rings is 1. The van der Waals surface area contributed by atoms with E-state index in [-0.39, 0.29) is 0 Å². The van der Waals surface area contributed by atoms with E-state index in [0.717, 1.165) is 23.8 Å². The van der Waals surface area contributed by atoms with Crippen LogP contribution in [-0.4, -0.2) is 10.9 Å². The Bertz CT molecular complexity index is 487. The Balaban J connectivity index is 2.74. The number of halogens is 1. The van der Waals surface area contributed by atoms with Gasteiger partial charge < -0.3 is 4.57 Å². The first-order valence-corrected chi connectivity index (χ1v) is 5.58. The molecule has 0 fully saturated rings. The SMILES string of the molecule is CCn1c(I)cc2cc(C=O)ccc21. The Morgan fingerprint density at radius 2 is 2.21 bits per heavy atom. The molecule has 0 unspecified atom stereocenters. The summed E-state index contributed by atoms with van der Waals surface area (Å²) in [5, 5.41) is 1.14. The van der Waals surface area contributed by atoms with Gasteiger partial charge in [0.15, 0.2) is 0 Å². The lowest BCUT2D eigenvalue weighted by molar-refractivity contribution is 0.112. The summed E-state index contributed by atoms with van der Waals surface area (Å²) in [7, 11) is 0. The Morgan fingerprint density at radius 3 is 2.86 bits per heavy atom. The van der Waals surface area contributed by atoms with Crippen LogP contribution in [0.2, 0.25) is 0 Å². The van der Waals surface area contributed by atoms with Crippen molar-refractivity contribution in [1.82, 2.24) is 4.57 Å². The number of hydrogen-bond acceptors (Lipinski definition) is 1. The minimum Gasteiger partial charge on any atom is -0.336 e. The van der Waals surface area contributed by atoms with Crippen LogP contribution in [0.5, 0.6) is 0 Å². The van der Waals surface area contributed by atoms with Gasteiger partial charge in [0, 0.05) is 23.0 Å². The van der Waals surface area contributed by atoms with Crippen LogP contribution in [0.4, 0.5) is 0 Å². The minimum absolute atomic E-state index is 0.738. The number of fused-ring (bicyclic) bond motifs is 1. The van der Waals surface area contributed by atoms with Crippen molar-refractivity contribution in [3.05, 3.63) is 33.5 Å². The lowest BCUT2D eigenvalue weighted by atomic mass is 10.2. The molecule has 2 nitrogen and oxygen atoms in total. The van der Waals surface area contributed by atoms with Gasteiger partial charge in [-0.3, -0.25) is 4.79 Å². The van der Waals surface area contributed by atoms with Gasteiger partial charge in [-0.2, -0.15) is 0 Å². The Labute approximate surface area is 96.1 Å². The average Bonchev–Trinajstić information content (AvgIpc) is 2.51. The van der Waals surface area contributed by atoms with Crippen molar-refractivity contribution >= 4 is 39.8 Å². The standard InChI is InChI=1S/C11H10INO/c1-2-13-10-4-3-8(7-14)5-9(10)6-11(13)12/h3-7H,2H2,1H3. The predicted molar refractivity (Wildman–Crippen MR) is 65.7 cm³/mol. The van der Waals surface area contributed by atoms with Gasteiger partial charge >= 0.3 is 0 Å². The van der Waals surface area contributed by atoms with Crippen molar-refractivity contribution in [2.24, 2.45) is 0 Å². The predicted octanol–water partition coefficient (Wildman–Crippen LogP) is 3.08. The second-order valence-corrected chi connectivity index (χ2v) is 4.25. The molecule has 14 heavy (non-hydrogen) atoms. The third kappa shape index (κ3) is 1.45. The molecule has 1 heterocycles.